The van der Waals surface area contributed by atoms with Crippen LogP contribution in [0.3, 0.4) is 0 Å². The van der Waals surface area contributed by atoms with Crippen LogP contribution >= 0.6 is 31.9 Å². The van der Waals surface area contributed by atoms with E-state index in [2.05, 4.69) is 67.5 Å². The van der Waals surface area contributed by atoms with E-state index in [9.17, 15) is 4.79 Å². The van der Waals surface area contributed by atoms with Crippen LogP contribution in [0.15, 0.2) is 75.2 Å². The summed E-state index contributed by atoms with van der Waals surface area (Å²) in [6.07, 6.45) is 7.08. The van der Waals surface area contributed by atoms with Crippen molar-refractivity contribution in [3.8, 4) is 0 Å². The van der Waals surface area contributed by atoms with E-state index >= 15 is 0 Å². The molecule has 134 valence electrons. The van der Waals surface area contributed by atoms with Gasteiger partial charge in [0.25, 0.3) is 0 Å². The van der Waals surface area contributed by atoms with Gasteiger partial charge in [-0.05, 0) is 98.9 Å². The number of halogens is 2. The van der Waals surface area contributed by atoms with Gasteiger partial charge in [0.2, 0.25) is 5.91 Å². The molecule has 1 amide bonds. The molecule has 0 saturated heterocycles. The van der Waals surface area contributed by atoms with Crippen molar-refractivity contribution in [3.63, 3.8) is 0 Å². The van der Waals surface area contributed by atoms with Gasteiger partial charge in [0.05, 0.1) is 0 Å². The average molecular weight is 475 g/mol. The van der Waals surface area contributed by atoms with E-state index in [0.29, 0.717) is 11.8 Å². The summed E-state index contributed by atoms with van der Waals surface area (Å²) in [6.45, 7) is 3.95. The molecule has 1 fully saturated rings. The molecule has 0 aliphatic heterocycles. The van der Waals surface area contributed by atoms with Crippen molar-refractivity contribution in [2.45, 2.75) is 26.2 Å². The molecule has 2 nitrogen and oxygen atoms in total. The molecule has 0 spiro atoms. The third-order valence-electron chi connectivity index (χ3n) is 4.58. The Morgan fingerprint density at radius 3 is 2.65 bits per heavy atom. The highest BCUT2D eigenvalue weighted by Crippen LogP contribution is 2.49. The van der Waals surface area contributed by atoms with E-state index in [0.717, 1.165) is 32.2 Å². The van der Waals surface area contributed by atoms with Crippen LogP contribution in [0, 0.1) is 12.8 Å². The first-order valence-electron chi connectivity index (χ1n) is 8.62. The van der Waals surface area contributed by atoms with Crippen LogP contribution in [0.1, 0.15) is 30.4 Å². The number of carbonyl (C=O) groups excluding carboxylic acids is 1. The molecule has 26 heavy (non-hydrogen) atoms. The molecule has 2 aromatic carbocycles. The van der Waals surface area contributed by atoms with E-state index < -0.39 is 0 Å². The van der Waals surface area contributed by atoms with Crippen LogP contribution in [0.25, 0.3) is 0 Å². The fourth-order valence-electron chi connectivity index (χ4n) is 2.97. The number of aryl methyl sites for hydroxylation is 1. The van der Waals surface area contributed by atoms with Crippen molar-refractivity contribution < 1.29 is 4.79 Å². The zero-order chi connectivity index (χ0) is 18.7. The predicted molar refractivity (Wildman–Crippen MR) is 115 cm³/mol. The number of rotatable bonds is 5. The van der Waals surface area contributed by atoms with Crippen LogP contribution in [0.2, 0.25) is 0 Å². The maximum Gasteiger partial charge on any atom is 0.248 e. The molecule has 0 heterocycles. The number of hydrogen-bond acceptors (Lipinski definition) is 1. The minimum Gasteiger partial charge on any atom is -0.322 e. The first-order chi connectivity index (χ1) is 12.4. The minimum absolute atomic E-state index is 0.0920. The van der Waals surface area contributed by atoms with E-state index in [4.69, 9.17) is 0 Å². The first-order valence-corrected chi connectivity index (χ1v) is 10.2. The smallest absolute Gasteiger partial charge is 0.248 e. The molecular weight excluding hydrogens is 454 g/mol. The first kappa shape index (κ1) is 19.1. The second kappa shape index (κ2) is 8.36. The van der Waals surface area contributed by atoms with Gasteiger partial charge in [-0.3, -0.25) is 4.79 Å². The number of benzene rings is 2. The Bertz CT molecular complexity index is 885. The van der Waals surface area contributed by atoms with Crippen LogP contribution in [-0.2, 0) is 4.79 Å². The van der Waals surface area contributed by atoms with Crippen LogP contribution in [0.4, 0.5) is 5.69 Å². The number of allylic oxidation sites excluding steroid dienone is 3. The minimum atomic E-state index is -0.0920. The number of para-hydroxylation sites is 1. The molecule has 3 rings (SSSR count). The van der Waals surface area contributed by atoms with Gasteiger partial charge in [0.15, 0.2) is 0 Å². The molecule has 1 N–H and O–H groups in total. The van der Waals surface area contributed by atoms with Crippen LogP contribution in [-0.4, -0.2) is 5.91 Å². The Morgan fingerprint density at radius 1 is 1.15 bits per heavy atom. The van der Waals surface area contributed by atoms with Gasteiger partial charge in [0, 0.05) is 20.7 Å². The lowest BCUT2D eigenvalue weighted by molar-refractivity contribution is -0.111. The number of carbonyl (C=O) groups is 1. The van der Waals surface area contributed by atoms with Gasteiger partial charge in [0.1, 0.15) is 0 Å². The summed E-state index contributed by atoms with van der Waals surface area (Å²) in [7, 11) is 0. The predicted octanol–water partition coefficient (Wildman–Crippen LogP) is 6.76. The lowest BCUT2D eigenvalue weighted by Crippen LogP contribution is -2.09. The zero-order valence-electron chi connectivity index (χ0n) is 14.8. The van der Waals surface area contributed by atoms with Gasteiger partial charge >= 0.3 is 0 Å². The van der Waals surface area contributed by atoms with Gasteiger partial charge in [-0.2, -0.15) is 0 Å². The Hall–Kier alpha value is -1.65. The third kappa shape index (κ3) is 4.95. The lowest BCUT2D eigenvalue weighted by Gasteiger charge is -2.05. The molecular formula is C22H21Br2NO. The van der Waals surface area contributed by atoms with E-state index in [1.807, 2.05) is 38.1 Å². The summed E-state index contributed by atoms with van der Waals surface area (Å²) >= 11 is 7.07. The molecule has 2 atom stereocenters. The van der Waals surface area contributed by atoms with Crippen molar-refractivity contribution in [2.24, 2.45) is 5.92 Å². The SMILES string of the molecule is CC(/C=C/[C@H]1C[C@@H]1c1ccc(Br)c(Br)c1)=C\C(=O)Nc1ccccc1C. The second-order valence-corrected chi connectivity index (χ2v) is 8.44. The van der Waals surface area contributed by atoms with Crippen molar-refractivity contribution in [2.75, 3.05) is 5.32 Å². The zero-order valence-corrected chi connectivity index (χ0v) is 18.0. The largest absolute Gasteiger partial charge is 0.322 e. The number of nitrogens with one attached hydrogen (secondary N) is 1. The maximum atomic E-state index is 12.2. The molecule has 1 saturated carbocycles. The quantitative estimate of drug-likeness (QED) is 0.376. The summed E-state index contributed by atoms with van der Waals surface area (Å²) in [5, 5.41) is 2.93. The Labute approximate surface area is 171 Å². The van der Waals surface area contributed by atoms with Crippen molar-refractivity contribution in [3.05, 3.63) is 86.3 Å². The van der Waals surface area contributed by atoms with Crippen molar-refractivity contribution in [1.29, 1.82) is 0 Å². The van der Waals surface area contributed by atoms with Gasteiger partial charge < -0.3 is 5.32 Å². The highest BCUT2D eigenvalue weighted by atomic mass is 79.9. The third-order valence-corrected chi connectivity index (χ3v) is 6.46. The summed E-state index contributed by atoms with van der Waals surface area (Å²) in [5.74, 6) is 1.03. The topological polar surface area (TPSA) is 29.1 Å². The second-order valence-electron chi connectivity index (χ2n) is 6.73. The summed E-state index contributed by atoms with van der Waals surface area (Å²) in [5.41, 5.74) is 4.23. The van der Waals surface area contributed by atoms with Crippen molar-refractivity contribution in [1.82, 2.24) is 0 Å². The van der Waals surface area contributed by atoms with Gasteiger partial charge in [-0.25, -0.2) is 0 Å². The summed E-state index contributed by atoms with van der Waals surface area (Å²) in [6, 6.07) is 14.2. The Morgan fingerprint density at radius 2 is 1.92 bits per heavy atom. The fraction of sp³-hybridized carbons (Fsp3) is 0.227. The molecule has 2 aromatic rings. The van der Waals surface area contributed by atoms with Crippen molar-refractivity contribution >= 4 is 43.5 Å². The van der Waals surface area contributed by atoms with E-state index in [-0.39, 0.29) is 5.91 Å². The summed E-state index contributed by atoms with van der Waals surface area (Å²) in [4.78, 5) is 12.2. The molecule has 0 radical (unpaired) electrons. The van der Waals surface area contributed by atoms with Crippen LogP contribution < -0.4 is 5.32 Å². The normalized spacial score (nSPS) is 19.6. The highest BCUT2D eigenvalue weighted by Gasteiger charge is 2.36. The molecule has 4 heteroatoms. The van der Waals surface area contributed by atoms with E-state index in [1.54, 1.807) is 6.08 Å². The lowest BCUT2D eigenvalue weighted by atomic mass is 10.1. The summed E-state index contributed by atoms with van der Waals surface area (Å²) < 4.78 is 2.17. The monoisotopic (exact) mass is 473 g/mol. The average Bonchev–Trinajstić information content (AvgIpc) is 3.37. The fourth-order valence-corrected chi connectivity index (χ4v) is 3.61. The molecule has 0 aromatic heterocycles. The maximum absolute atomic E-state index is 12.2. The molecule has 0 unspecified atom stereocenters. The number of hydrogen-bond donors (Lipinski definition) is 1. The van der Waals surface area contributed by atoms with Gasteiger partial charge in [-0.15, -0.1) is 0 Å². The Balaban J connectivity index is 1.57. The molecule has 1 aliphatic rings. The van der Waals surface area contributed by atoms with Crippen LogP contribution in [0.5, 0.6) is 0 Å². The van der Waals surface area contributed by atoms with E-state index in [1.165, 1.54) is 5.56 Å². The standard InChI is InChI=1S/C22H21Br2NO/c1-14(11-22(26)25-21-6-4-3-5-15(21)2)7-8-16-12-18(16)17-9-10-19(23)20(24)13-17/h3-11,13,16,18H,12H2,1-2H3,(H,25,26)/b8-7+,14-11+/t16-,18-/m0/s1. The Kier molecular flexibility index (Phi) is 6.15. The highest BCUT2D eigenvalue weighted by molar-refractivity contribution is 9.13. The molecule has 1 aliphatic carbocycles. The number of anilines is 1. The molecule has 0 bridgehead atoms. The van der Waals surface area contributed by atoms with Gasteiger partial charge in [-0.1, -0.05) is 36.4 Å². The number of amides is 1.